The van der Waals surface area contributed by atoms with Crippen molar-refractivity contribution in [2.45, 2.75) is 65.5 Å². The van der Waals surface area contributed by atoms with Crippen LogP contribution in [0.15, 0.2) is 0 Å². The standard InChI is InChI=1S/C12H26N/c1-6-7-8-9-10-13(11(2)3)12(4)5/h11-12H,1,6-10H2,2-5H3. The summed E-state index contributed by atoms with van der Waals surface area (Å²) in [4.78, 5) is 2.56. The molecule has 0 bridgehead atoms. The molecule has 13 heavy (non-hydrogen) atoms. The van der Waals surface area contributed by atoms with Gasteiger partial charge in [-0.25, -0.2) is 0 Å². The number of nitrogens with zero attached hydrogens (tertiary/aromatic N) is 1. The van der Waals surface area contributed by atoms with Gasteiger partial charge < -0.3 is 0 Å². The Morgan fingerprint density at radius 1 is 0.923 bits per heavy atom. The number of rotatable bonds is 7. The van der Waals surface area contributed by atoms with Crippen LogP contribution < -0.4 is 0 Å². The first-order valence-corrected chi connectivity index (χ1v) is 5.64. The Bertz CT molecular complexity index is 99.7. The largest absolute Gasteiger partial charge is 0.299 e. The van der Waals surface area contributed by atoms with Gasteiger partial charge in [0.2, 0.25) is 0 Å². The Balaban J connectivity index is 3.58. The molecule has 0 heterocycles. The maximum atomic E-state index is 3.86. The van der Waals surface area contributed by atoms with Crippen molar-refractivity contribution in [2.75, 3.05) is 6.54 Å². The van der Waals surface area contributed by atoms with Gasteiger partial charge >= 0.3 is 0 Å². The van der Waals surface area contributed by atoms with Crippen molar-refractivity contribution in [1.29, 1.82) is 0 Å². The topological polar surface area (TPSA) is 3.24 Å². The van der Waals surface area contributed by atoms with Gasteiger partial charge in [0.05, 0.1) is 0 Å². The van der Waals surface area contributed by atoms with Crippen molar-refractivity contribution < 1.29 is 0 Å². The van der Waals surface area contributed by atoms with Crippen molar-refractivity contribution in [1.82, 2.24) is 4.90 Å². The Morgan fingerprint density at radius 3 is 1.85 bits per heavy atom. The lowest BCUT2D eigenvalue weighted by Gasteiger charge is -2.30. The second-order valence-corrected chi connectivity index (χ2v) is 4.34. The average Bonchev–Trinajstić information content (AvgIpc) is 2.02. The van der Waals surface area contributed by atoms with E-state index in [1.165, 1.54) is 25.8 Å². The van der Waals surface area contributed by atoms with Gasteiger partial charge in [0.1, 0.15) is 0 Å². The number of hydrogen-bond acceptors (Lipinski definition) is 1. The molecular formula is C12H26N. The summed E-state index contributed by atoms with van der Waals surface area (Å²) < 4.78 is 0. The Hall–Kier alpha value is -0.0400. The minimum atomic E-state index is 0.680. The first-order chi connectivity index (χ1) is 6.09. The molecule has 1 heteroatoms. The summed E-state index contributed by atoms with van der Waals surface area (Å²) >= 11 is 0. The molecule has 0 atom stereocenters. The van der Waals surface area contributed by atoms with E-state index in [1.54, 1.807) is 0 Å². The van der Waals surface area contributed by atoms with Crippen LogP contribution in [0.5, 0.6) is 0 Å². The van der Waals surface area contributed by atoms with Crippen molar-refractivity contribution in [3.63, 3.8) is 0 Å². The lowest BCUT2D eigenvalue weighted by atomic mass is 10.1. The number of unbranched alkanes of at least 4 members (excludes halogenated alkanes) is 3. The van der Waals surface area contributed by atoms with Crippen LogP contribution in [-0.2, 0) is 0 Å². The highest BCUT2D eigenvalue weighted by atomic mass is 15.2. The third kappa shape index (κ3) is 6.09. The van der Waals surface area contributed by atoms with Gasteiger partial charge in [-0.15, -0.1) is 0 Å². The highest BCUT2D eigenvalue weighted by molar-refractivity contribution is 4.66. The van der Waals surface area contributed by atoms with Crippen molar-refractivity contribution >= 4 is 0 Å². The van der Waals surface area contributed by atoms with Crippen LogP contribution in [0.4, 0.5) is 0 Å². The second kappa shape index (κ2) is 7.37. The average molecular weight is 184 g/mol. The summed E-state index contributed by atoms with van der Waals surface area (Å²) in [6, 6.07) is 1.36. The summed E-state index contributed by atoms with van der Waals surface area (Å²) in [5, 5.41) is 0. The van der Waals surface area contributed by atoms with E-state index in [4.69, 9.17) is 0 Å². The lowest BCUT2D eigenvalue weighted by molar-refractivity contribution is 0.171. The summed E-state index contributed by atoms with van der Waals surface area (Å²) in [5.74, 6) is 0. The predicted octanol–water partition coefficient (Wildman–Crippen LogP) is 3.50. The maximum Gasteiger partial charge on any atom is 0.00412 e. The van der Waals surface area contributed by atoms with Crippen molar-refractivity contribution in [2.24, 2.45) is 0 Å². The molecule has 0 saturated carbocycles. The molecule has 0 aromatic rings. The van der Waals surface area contributed by atoms with Crippen LogP contribution in [0.25, 0.3) is 0 Å². The molecule has 0 aliphatic carbocycles. The molecule has 0 aliphatic heterocycles. The molecule has 0 unspecified atom stereocenters. The molecule has 0 amide bonds. The second-order valence-electron chi connectivity index (χ2n) is 4.34. The van der Waals surface area contributed by atoms with Crippen LogP contribution in [-0.4, -0.2) is 23.5 Å². The van der Waals surface area contributed by atoms with Gasteiger partial charge in [0.15, 0.2) is 0 Å². The summed E-state index contributed by atoms with van der Waals surface area (Å²) in [7, 11) is 0. The molecule has 79 valence electrons. The summed E-state index contributed by atoms with van der Waals surface area (Å²) in [5.41, 5.74) is 0. The van der Waals surface area contributed by atoms with E-state index < -0.39 is 0 Å². The highest BCUT2D eigenvalue weighted by Gasteiger charge is 2.11. The summed E-state index contributed by atoms with van der Waals surface area (Å²) in [6.07, 6.45) is 5.03. The normalized spacial score (nSPS) is 12.0. The molecule has 0 spiro atoms. The monoisotopic (exact) mass is 184 g/mol. The van der Waals surface area contributed by atoms with Gasteiger partial charge in [-0.1, -0.05) is 26.2 Å². The van der Waals surface area contributed by atoms with E-state index in [2.05, 4.69) is 39.5 Å². The molecule has 0 aliphatic rings. The van der Waals surface area contributed by atoms with Gasteiger partial charge in [-0.2, -0.15) is 0 Å². The van der Waals surface area contributed by atoms with E-state index in [-0.39, 0.29) is 0 Å². The minimum Gasteiger partial charge on any atom is -0.299 e. The van der Waals surface area contributed by atoms with E-state index in [9.17, 15) is 0 Å². The molecule has 0 aromatic carbocycles. The zero-order chi connectivity index (χ0) is 10.3. The first kappa shape index (κ1) is 13.0. The maximum absolute atomic E-state index is 3.86. The fourth-order valence-electron chi connectivity index (χ4n) is 1.76. The quantitative estimate of drug-likeness (QED) is 0.547. The van der Waals surface area contributed by atoms with Crippen molar-refractivity contribution in [3.8, 4) is 0 Å². The molecule has 0 aromatic heterocycles. The van der Waals surface area contributed by atoms with Gasteiger partial charge in [-0.05, 0) is 40.7 Å². The number of hydrogen-bond donors (Lipinski definition) is 0. The SMILES string of the molecule is [CH2]CCCCCN(C(C)C)C(C)C. The van der Waals surface area contributed by atoms with Gasteiger partial charge in [0, 0.05) is 12.1 Å². The Labute approximate surface area is 84.5 Å². The van der Waals surface area contributed by atoms with Gasteiger partial charge in [0.25, 0.3) is 0 Å². The molecule has 1 nitrogen and oxygen atoms in total. The molecule has 1 radical (unpaired) electrons. The Kier molecular flexibility index (Phi) is 7.35. The van der Waals surface area contributed by atoms with Crippen LogP contribution in [0.2, 0.25) is 0 Å². The molecule has 0 rings (SSSR count). The fraction of sp³-hybridized carbons (Fsp3) is 0.917. The van der Waals surface area contributed by atoms with Crippen molar-refractivity contribution in [3.05, 3.63) is 6.92 Å². The first-order valence-electron chi connectivity index (χ1n) is 5.64. The molecule has 0 N–H and O–H groups in total. The smallest absolute Gasteiger partial charge is 0.00412 e. The summed E-state index contributed by atoms with van der Waals surface area (Å²) in [6.45, 7) is 14.2. The minimum absolute atomic E-state index is 0.680. The highest BCUT2D eigenvalue weighted by Crippen LogP contribution is 2.08. The van der Waals surface area contributed by atoms with E-state index in [0.717, 1.165) is 6.42 Å². The zero-order valence-electron chi connectivity index (χ0n) is 9.84. The van der Waals surface area contributed by atoms with Crippen LogP contribution in [0.3, 0.4) is 0 Å². The van der Waals surface area contributed by atoms with E-state index >= 15 is 0 Å². The van der Waals surface area contributed by atoms with Crippen LogP contribution in [0, 0.1) is 6.92 Å². The Morgan fingerprint density at radius 2 is 1.46 bits per heavy atom. The van der Waals surface area contributed by atoms with Crippen LogP contribution >= 0.6 is 0 Å². The lowest BCUT2D eigenvalue weighted by Crippen LogP contribution is -2.37. The fourth-order valence-corrected chi connectivity index (χ4v) is 1.76. The third-order valence-electron chi connectivity index (χ3n) is 2.49. The third-order valence-corrected chi connectivity index (χ3v) is 2.49. The van der Waals surface area contributed by atoms with E-state index in [0.29, 0.717) is 12.1 Å². The van der Waals surface area contributed by atoms with Crippen LogP contribution in [0.1, 0.15) is 53.4 Å². The van der Waals surface area contributed by atoms with Gasteiger partial charge in [-0.3, -0.25) is 4.90 Å². The zero-order valence-corrected chi connectivity index (χ0v) is 9.84. The molecule has 0 fully saturated rings. The van der Waals surface area contributed by atoms with E-state index in [1.807, 2.05) is 0 Å². The molecule has 0 saturated heterocycles. The predicted molar refractivity (Wildman–Crippen MR) is 60.8 cm³/mol. The molecular weight excluding hydrogens is 158 g/mol.